The minimum atomic E-state index is -0.488. The number of aromatic nitrogens is 2. The molecular weight excluding hydrogens is 350 g/mol. The Bertz CT molecular complexity index is 849. The molecule has 0 spiro atoms. The maximum absolute atomic E-state index is 12.6. The number of ether oxygens (including phenoxy) is 1. The van der Waals surface area contributed by atoms with Crippen molar-refractivity contribution in [2.75, 3.05) is 38.6 Å². The van der Waals surface area contributed by atoms with Crippen LogP contribution in [0, 0.1) is 0 Å². The smallest absolute Gasteiger partial charge is 0.339 e. The molecule has 1 aromatic carbocycles. The minimum absolute atomic E-state index is 0.198. The van der Waals surface area contributed by atoms with Gasteiger partial charge in [0.05, 0.1) is 18.4 Å². The molecule has 27 heavy (non-hydrogen) atoms. The van der Waals surface area contributed by atoms with Gasteiger partial charge in [-0.1, -0.05) is 12.1 Å². The van der Waals surface area contributed by atoms with Gasteiger partial charge in [-0.15, -0.1) is 0 Å². The highest BCUT2D eigenvalue weighted by atomic mass is 16.5. The van der Waals surface area contributed by atoms with Crippen molar-refractivity contribution in [1.29, 1.82) is 0 Å². The van der Waals surface area contributed by atoms with E-state index in [2.05, 4.69) is 15.3 Å². The van der Waals surface area contributed by atoms with Crippen LogP contribution in [0.5, 0.6) is 0 Å². The zero-order valence-electron chi connectivity index (χ0n) is 14.8. The number of anilines is 2. The van der Waals surface area contributed by atoms with Gasteiger partial charge in [-0.3, -0.25) is 9.59 Å². The van der Waals surface area contributed by atoms with Gasteiger partial charge in [0.15, 0.2) is 0 Å². The largest absolute Gasteiger partial charge is 0.465 e. The molecule has 1 aromatic heterocycles. The lowest BCUT2D eigenvalue weighted by atomic mass is 10.2. The fourth-order valence-electron chi connectivity index (χ4n) is 2.73. The van der Waals surface area contributed by atoms with E-state index in [0.29, 0.717) is 37.4 Å². The Morgan fingerprint density at radius 1 is 1.15 bits per heavy atom. The molecule has 1 fully saturated rings. The molecule has 1 N–H and O–H groups in total. The van der Waals surface area contributed by atoms with Gasteiger partial charge in [0.1, 0.15) is 5.69 Å². The predicted octanol–water partition coefficient (Wildman–Crippen LogP) is 0.921. The van der Waals surface area contributed by atoms with Crippen molar-refractivity contribution in [3.8, 4) is 0 Å². The second-order valence-corrected chi connectivity index (χ2v) is 5.86. The quantitative estimate of drug-likeness (QED) is 0.617. The number of piperazine rings is 1. The monoisotopic (exact) mass is 369 g/mol. The second kappa shape index (κ2) is 8.26. The SMILES string of the molecule is COC(=O)c1ccccc1Nc1nccc(C(=O)N2CCN(C=O)CC2)n1. The zero-order valence-corrected chi connectivity index (χ0v) is 14.8. The molecule has 9 nitrogen and oxygen atoms in total. The fourth-order valence-corrected chi connectivity index (χ4v) is 2.73. The van der Waals surface area contributed by atoms with Crippen LogP contribution in [0.3, 0.4) is 0 Å². The third-order valence-corrected chi connectivity index (χ3v) is 4.20. The van der Waals surface area contributed by atoms with Crippen molar-refractivity contribution >= 4 is 29.9 Å². The number of hydrogen-bond acceptors (Lipinski definition) is 7. The van der Waals surface area contributed by atoms with E-state index in [1.54, 1.807) is 34.1 Å². The molecule has 9 heteroatoms. The summed E-state index contributed by atoms with van der Waals surface area (Å²) in [5, 5.41) is 2.95. The topological polar surface area (TPSA) is 105 Å². The van der Waals surface area contributed by atoms with Crippen molar-refractivity contribution in [1.82, 2.24) is 19.8 Å². The number of benzene rings is 1. The second-order valence-electron chi connectivity index (χ2n) is 5.86. The highest BCUT2D eigenvalue weighted by Gasteiger charge is 2.22. The van der Waals surface area contributed by atoms with Gasteiger partial charge < -0.3 is 19.9 Å². The number of nitrogens with one attached hydrogen (secondary N) is 1. The number of amides is 2. The van der Waals surface area contributed by atoms with E-state index in [9.17, 15) is 14.4 Å². The van der Waals surface area contributed by atoms with Gasteiger partial charge in [0.2, 0.25) is 12.4 Å². The molecule has 0 atom stereocenters. The molecule has 0 unspecified atom stereocenters. The average molecular weight is 369 g/mol. The lowest BCUT2D eigenvalue weighted by molar-refractivity contribution is -0.119. The Labute approximate surface area is 156 Å². The average Bonchev–Trinajstić information content (AvgIpc) is 2.73. The summed E-state index contributed by atoms with van der Waals surface area (Å²) in [6.45, 7) is 1.90. The first-order valence-electron chi connectivity index (χ1n) is 8.38. The van der Waals surface area contributed by atoms with Crippen molar-refractivity contribution in [2.45, 2.75) is 0 Å². The number of esters is 1. The number of carbonyl (C=O) groups excluding carboxylic acids is 3. The van der Waals surface area contributed by atoms with E-state index >= 15 is 0 Å². The zero-order chi connectivity index (χ0) is 19.2. The summed E-state index contributed by atoms with van der Waals surface area (Å²) in [6, 6.07) is 8.33. The molecule has 1 saturated heterocycles. The van der Waals surface area contributed by atoms with Crippen molar-refractivity contribution in [2.24, 2.45) is 0 Å². The van der Waals surface area contributed by atoms with Gasteiger partial charge in [-0.25, -0.2) is 14.8 Å². The molecule has 1 aliphatic rings. The summed E-state index contributed by atoms with van der Waals surface area (Å²) in [5.41, 5.74) is 1.06. The van der Waals surface area contributed by atoms with Crippen molar-refractivity contribution in [3.05, 3.63) is 47.8 Å². The molecular formula is C18H19N5O4. The molecule has 2 amide bonds. The van der Waals surface area contributed by atoms with E-state index < -0.39 is 5.97 Å². The summed E-state index contributed by atoms with van der Waals surface area (Å²) < 4.78 is 4.76. The highest BCUT2D eigenvalue weighted by Crippen LogP contribution is 2.19. The molecule has 0 bridgehead atoms. The van der Waals surface area contributed by atoms with Crippen LogP contribution in [0.2, 0.25) is 0 Å². The maximum atomic E-state index is 12.6. The Hall–Kier alpha value is -3.49. The molecule has 3 rings (SSSR count). The van der Waals surface area contributed by atoms with Crippen LogP contribution in [-0.2, 0) is 9.53 Å². The maximum Gasteiger partial charge on any atom is 0.339 e. The minimum Gasteiger partial charge on any atom is -0.465 e. The predicted molar refractivity (Wildman–Crippen MR) is 96.6 cm³/mol. The Morgan fingerprint density at radius 3 is 2.59 bits per heavy atom. The van der Waals surface area contributed by atoms with Crippen LogP contribution in [0.4, 0.5) is 11.6 Å². The summed E-state index contributed by atoms with van der Waals surface area (Å²) in [4.78, 5) is 46.9. The van der Waals surface area contributed by atoms with E-state index in [1.807, 2.05) is 0 Å². The Morgan fingerprint density at radius 2 is 1.89 bits per heavy atom. The van der Waals surface area contributed by atoms with Gasteiger partial charge >= 0.3 is 5.97 Å². The van der Waals surface area contributed by atoms with Gasteiger partial charge in [-0.05, 0) is 18.2 Å². The van der Waals surface area contributed by atoms with Gasteiger partial charge in [0, 0.05) is 32.4 Å². The number of para-hydroxylation sites is 1. The van der Waals surface area contributed by atoms with Crippen LogP contribution in [0.15, 0.2) is 36.5 Å². The standard InChI is InChI=1S/C18H19N5O4/c1-27-17(26)13-4-2-3-5-14(13)20-18-19-7-6-15(21-18)16(25)23-10-8-22(12-24)9-11-23/h2-7,12H,8-11H2,1H3,(H,19,20,21). The highest BCUT2D eigenvalue weighted by molar-refractivity contribution is 5.96. The number of rotatable bonds is 5. The number of carbonyl (C=O) groups is 3. The summed E-state index contributed by atoms with van der Waals surface area (Å²) in [6.07, 6.45) is 2.26. The molecule has 1 aliphatic heterocycles. The lowest BCUT2D eigenvalue weighted by Gasteiger charge is -2.32. The van der Waals surface area contributed by atoms with E-state index in [-0.39, 0.29) is 17.5 Å². The van der Waals surface area contributed by atoms with Crippen LogP contribution in [0.1, 0.15) is 20.8 Å². The first-order chi connectivity index (χ1) is 13.1. The Balaban J connectivity index is 1.76. The van der Waals surface area contributed by atoms with E-state index in [1.165, 1.54) is 19.4 Å². The van der Waals surface area contributed by atoms with E-state index in [0.717, 1.165) is 6.41 Å². The van der Waals surface area contributed by atoms with Crippen LogP contribution < -0.4 is 5.32 Å². The Kier molecular flexibility index (Phi) is 5.60. The van der Waals surface area contributed by atoms with Crippen LogP contribution in [0.25, 0.3) is 0 Å². The summed E-state index contributed by atoms with van der Waals surface area (Å²) >= 11 is 0. The first-order valence-corrected chi connectivity index (χ1v) is 8.38. The molecule has 0 aliphatic carbocycles. The normalized spacial score (nSPS) is 13.8. The van der Waals surface area contributed by atoms with Crippen LogP contribution in [-0.4, -0.2) is 71.3 Å². The van der Waals surface area contributed by atoms with Crippen molar-refractivity contribution in [3.63, 3.8) is 0 Å². The summed E-state index contributed by atoms with van der Waals surface area (Å²) in [5.74, 6) is -0.519. The molecule has 0 saturated carbocycles. The molecule has 140 valence electrons. The van der Waals surface area contributed by atoms with Gasteiger partial charge in [0.25, 0.3) is 5.91 Å². The van der Waals surface area contributed by atoms with Crippen molar-refractivity contribution < 1.29 is 19.1 Å². The first kappa shape index (κ1) is 18.3. The number of hydrogen-bond donors (Lipinski definition) is 1. The number of nitrogens with zero attached hydrogens (tertiary/aromatic N) is 4. The molecule has 2 heterocycles. The third kappa shape index (κ3) is 4.20. The number of methoxy groups -OCH3 is 1. The lowest BCUT2D eigenvalue weighted by Crippen LogP contribution is -2.48. The molecule has 0 radical (unpaired) electrons. The van der Waals surface area contributed by atoms with Crippen LogP contribution >= 0.6 is 0 Å². The fraction of sp³-hybridized carbons (Fsp3) is 0.278. The third-order valence-electron chi connectivity index (χ3n) is 4.20. The summed E-state index contributed by atoms with van der Waals surface area (Å²) in [7, 11) is 1.30. The van der Waals surface area contributed by atoms with E-state index in [4.69, 9.17) is 4.74 Å². The van der Waals surface area contributed by atoms with Gasteiger partial charge in [-0.2, -0.15) is 0 Å². The molecule has 2 aromatic rings.